The van der Waals surface area contributed by atoms with E-state index in [1.807, 2.05) is 24.3 Å². The predicted molar refractivity (Wildman–Crippen MR) is 82.2 cm³/mol. The zero-order chi connectivity index (χ0) is 15.4. The molecule has 0 N–H and O–H groups in total. The summed E-state index contributed by atoms with van der Waals surface area (Å²) in [7, 11) is 1.64. The van der Waals surface area contributed by atoms with Gasteiger partial charge in [0.2, 0.25) is 5.89 Å². The second-order valence-corrected chi connectivity index (χ2v) is 5.44. The molecule has 0 fully saturated rings. The minimum Gasteiger partial charge on any atom is -0.497 e. The van der Waals surface area contributed by atoms with Crippen molar-refractivity contribution in [2.45, 2.75) is 11.0 Å². The minimum atomic E-state index is -0.294. The summed E-state index contributed by atoms with van der Waals surface area (Å²) < 4.78 is 23.6. The van der Waals surface area contributed by atoms with Gasteiger partial charge in [0.05, 0.1) is 7.11 Å². The highest BCUT2D eigenvalue weighted by molar-refractivity contribution is 7.98. The number of rotatable bonds is 5. The van der Waals surface area contributed by atoms with Crippen LogP contribution in [0.5, 0.6) is 5.75 Å². The van der Waals surface area contributed by atoms with Crippen molar-refractivity contribution >= 4 is 11.8 Å². The number of hydrogen-bond donors (Lipinski definition) is 0. The molecule has 1 heterocycles. The van der Waals surface area contributed by atoms with Crippen molar-refractivity contribution in [1.82, 2.24) is 10.2 Å². The van der Waals surface area contributed by atoms with E-state index < -0.39 is 0 Å². The van der Waals surface area contributed by atoms with Gasteiger partial charge in [-0.05, 0) is 42.0 Å². The van der Waals surface area contributed by atoms with Crippen LogP contribution in [0.4, 0.5) is 4.39 Å². The standard InChI is InChI=1S/C16H13FN2O2S/c1-20-14-8-2-11(3-9-14)10-22-16-19-18-15(21-16)12-4-6-13(17)7-5-12/h2-9H,10H2,1H3. The lowest BCUT2D eigenvalue weighted by atomic mass is 10.2. The molecule has 0 unspecified atom stereocenters. The topological polar surface area (TPSA) is 48.2 Å². The van der Waals surface area contributed by atoms with E-state index in [2.05, 4.69) is 10.2 Å². The van der Waals surface area contributed by atoms with E-state index >= 15 is 0 Å². The summed E-state index contributed by atoms with van der Waals surface area (Å²) in [5.74, 6) is 1.63. The maximum absolute atomic E-state index is 12.9. The van der Waals surface area contributed by atoms with E-state index in [1.54, 1.807) is 19.2 Å². The van der Waals surface area contributed by atoms with Crippen molar-refractivity contribution in [2.75, 3.05) is 7.11 Å². The van der Waals surface area contributed by atoms with Gasteiger partial charge in [-0.15, -0.1) is 10.2 Å². The second-order valence-electron chi connectivity index (χ2n) is 4.52. The van der Waals surface area contributed by atoms with Gasteiger partial charge in [-0.3, -0.25) is 0 Å². The van der Waals surface area contributed by atoms with Crippen LogP contribution < -0.4 is 4.74 Å². The number of aromatic nitrogens is 2. The molecule has 1 aromatic heterocycles. The van der Waals surface area contributed by atoms with Gasteiger partial charge in [0.1, 0.15) is 11.6 Å². The monoisotopic (exact) mass is 316 g/mol. The fourth-order valence-electron chi connectivity index (χ4n) is 1.84. The van der Waals surface area contributed by atoms with Crippen LogP contribution >= 0.6 is 11.8 Å². The number of benzene rings is 2. The van der Waals surface area contributed by atoms with E-state index in [-0.39, 0.29) is 5.82 Å². The van der Waals surface area contributed by atoms with Crippen LogP contribution in [0.1, 0.15) is 5.56 Å². The van der Waals surface area contributed by atoms with Crippen LogP contribution in [0.25, 0.3) is 11.5 Å². The highest BCUT2D eigenvalue weighted by Crippen LogP contribution is 2.26. The van der Waals surface area contributed by atoms with Gasteiger partial charge in [-0.2, -0.15) is 0 Å². The predicted octanol–water partition coefficient (Wildman–Crippen LogP) is 4.18. The normalized spacial score (nSPS) is 10.6. The molecular formula is C16H13FN2O2S. The lowest BCUT2D eigenvalue weighted by Gasteiger charge is -2.01. The fourth-order valence-corrected chi connectivity index (χ4v) is 2.56. The highest BCUT2D eigenvalue weighted by Gasteiger charge is 2.09. The van der Waals surface area contributed by atoms with Crippen LogP contribution in [-0.2, 0) is 5.75 Å². The van der Waals surface area contributed by atoms with Crippen LogP contribution in [0, 0.1) is 5.82 Å². The summed E-state index contributed by atoms with van der Waals surface area (Å²) in [6, 6.07) is 13.8. The van der Waals surface area contributed by atoms with Crippen LogP contribution in [-0.4, -0.2) is 17.3 Å². The Balaban J connectivity index is 1.65. The first-order valence-corrected chi connectivity index (χ1v) is 7.58. The first kappa shape index (κ1) is 14.6. The minimum absolute atomic E-state index is 0.294. The zero-order valence-electron chi connectivity index (χ0n) is 11.8. The van der Waals surface area contributed by atoms with Gasteiger partial charge in [0, 0.05) is 11.3 Å². The average Bonchev–Trinajstić information content (AvgIpc) is 3.03. The van der Waals surface area contributed by atoms with Crippen molar-refractivity contribution in [3.8, 4) is 17.2 Å². The molecule has 0 bridgehead atoms. The summed E-state index contributed by atoms with van der Waals surface area (Å²) in [6.45, 7) is 0. The lowest BCUT2D eigenvalue weighted by Crippen LogP contribution is -1.84. The third kappa shape index (κ3) is 3.46. The number of hydrogen-bond acceptors (Lipinski definition) is 5. The Morgan fingerprint density at radius 2 is 1.77 bits per heavy atom. The third-order valence-electron chi connectivity index (χ3n) is 3.02. The number of thioether (sulfide) groups is 1. The van der Waals surface area contributed by atoms with Gasteiger partial charge in [-0.1, -0.05) is 23.9 Å². The van der Waals surface area contributed by atoms with Crippen LogP contribution in [0.15, 0.2) is 58.2 Å². The Morgan fingerprint density at radius 3 is 2.45 bits per heavy atom. The molecule has 3 aromatic rings. The first-order chi connectivity index (χ1) is 10.7. The summed E-state index contributed by atoms with van der Waals surface area (Å²) in [4.78, 5) is 0. The molecule has 112 valence electrons. The zero-order valence-corrected chi connectivity index (χ0v) is 12.6. The molecule has 0 aliphatic carbocycles. The fraction of sp³-hybridized carbons (Fsp3) is 0.125. The van der Waals surface area contributed by atoms with Crippen molar-refractivity contribution in [1.29, 1.82) is 0 Å². The SMILES string of the molecule is COc1ccc(CSc2nnc(-c3ccc(F)cc3)o2)cc1. The largest absolute Gasteiger partial charge is 0.497 e. The lowest BCUT2D eigenvalue weighted by molar-refractivity contribution is 0.414. The van der Waals surface area contributed by atoms with E-state index in [4.69, 9.17) is 9.15 Å². The molecular weight excluding hydrogens is 303 g/mol. The van der Waals surface area contributed by atoms with Crippen molar-refractivity contribution < 1.29 is 13.5 Å². The molecule has 4 nitrogen and oxygen atoms in total. The Morgan fingerprint density at radius 1 is 1.05 bits per heavy atom. The van der Waals surface area contributed by atoms with Crippen molar-refractivity contribution in [2.24, 2.45) is 0 Å². The number of methoxy groups -OCH3 is 1. The molecule has 6 heteroatoms. The number of nitrogens with zero attached hydrogens (tertiary/aromatic N) is 2. The smallest absolute Gasteiger partial charge is 0.277 e. The second kappa shape index (κ2) is 6.62. The molecule has 0 aliphatic rings. The van der Waals surface area contributed by atoms with Gasteiger partial charge in [0.15, 0.2) is 0 Å². The third-order valence-corrected chi connectivity index (χ3v) is 3.91. The summed E-state index contributed by atoms with van der Waals surface area (Å²) >= 11 is 1.45. The van der Waals surface area contributed by atoms with Gasteiger partial charge in [0.25, 0.3) is 5.22 Å². The molecule has 2 aromatic carbocycles. The van der Waals surface area contributed by atoms with E-state index in [1.165, 1.54) is 23.9 Å². The molecule has 0 radical (unpaired) electrons. The Kier molecular flexibility index (Phi) is 4.39. The van der Waals surface area contributed by atoms with E-state index in [0.29, 0.717) is 16.7 Å². The van der Waals surface area contributed by atoms with Gasteiger partial charge >= 0.3 is 0 Å². The maximum atomic E-state index is 12.9. The number of ether oxygens (including phenoxy) is 1. The van der Waals surface area contributed by atoms with Gasteiger partial charge in [-0.25, -0.2) is 4.39 Å². The molecule has 0 amide bonds. The molecule has 22 heavy (non-hydrogen) atoms. The summed E-state index contributed by atoms with van der Waals surface area (Å²) in [5.41, 5.74) is 1.83. The average molecular weight is 316 g/mol. The summed E-state index contributed by atoms with van der Waals surface area (Å²) in [5, 5.41) is 8.45. The molecule has 0 aliphatic heterocycles. The molecule has 3 rings (SSSR count). The highest BCUT2D eigenvalue weighted by atomic mass is 32.2. The summed E-state index contributed by atoms with van der Waals surface area (Å²) in [6.07, 6.45) is 0. The molecule has 0 spiro atoms. The first-order valence-electron chi connectivity index (χ1n) is 6.60. The van der Waals surface area contributed by atoms with E-state index in [9.17, 15) is 4.39 Å². The van der Waals surface area contributed by atoms with E-state index in [0.717, 1.165) is 17.1 Å². The van der Waals surface area contributed by atoms with Crippen LogP contribution in [0.2, 0.25) is 0 Å². The molecule has 0 saturated carbocycles. The van der Waals surface area contributed by atoms with Crippen molar-refractivity contribution in [3.63, 3.8) is 0 Å². The number of halogens is 1. The Bertz CT molecular complexity index is 742. The van der Waals surface area contributed by atoms with Gasteiger partial charge < -0.3 is 9.15 Å². The van der Waals surface area contributed by atoms with Crippen molar-refractivity contribution in [3.05, 3.63) is 59.9 Å². The van der Waals surface area contributed by atoms with Crippen LogP contribution in [0.3, 0.4) is 0 Å². The molecule has 0 saturated heterocycles. The Labute approximate surface area is 131 Å². The Hall–Kier alpha value is -2.34. The quantitative estimate of drug-likeness (QED) is 0.661. The maximum Gasteiger partial charge on any atom is 0.277 e. The molecule has 0 atom stereocenters.